The molecule has 0 bridgehead atoms. The van der Waals surface area contributed by atoms with Crippen LogP contribution in [0.25, 0.3) is 11.1 Å². The summed E-state index contributed by atoms with van der Waals surface area (Å²) in [5, 5.41) is -0.469. The number of thioether (sulfide) groups is 1. The summed E-state index contributed by atoms with van der Waals surface area (Å²) in [4.78, 5) is 31.9. The number of halogens is 4. The quantitative estimate of drug-likeness (QED) is 0.0846. The smallest absolute Gasteiger partial charge is 0.336 e. The van der Waals surface area contributed by atoms with E-state index in [1.54, 1.807) is 0 Å². The summed E-state index contributed by atoms with van der Waals surface area (Å²) in [7, 11) is 0. The van der Waals surface area contributed by atoms with E-state index in [0.717, 1.165) is 28.8 Å². The molecule has 0 N–H and O–H groups in total. The number of hydrogen-bond acceptors (Lipinski definition) is 5. The predicted molar refractivity (Wildman–Crippen MR) is 177 cm³/mol. The maximum atomic E-state index is 14.8. The van der Waals surface area contributed by atoms with Gasteiger partial charge in [0.15, 0.2) is 5.16 Å². The van der Waals surface area contributed by atoms with Gasteiger partial charge in [-0.1, -0.05) is 74.0 Å². The van der Waals surface area contributed by atoms with E-state index in [-0.39, 0.29) is 39.5 Å². The highest BCUT2D eigenvalue weighted by Gasteiger charge is 2.30. The zero-order valence-electron chi connectivity index (χ0n) is 42.9. The van der Waals surface area contributed by atoms with E-state index in [2.05, 4.69) is 4.98 Å². The molecule has 11 heteroatoms. The van der Waals surface area contributed by atoms with Crippen LogP contribution in [0.5, 0.6) is 0 Å². The number of carbonyl (C=O) groups is 1. The second-order valence-electron chi connectivity index (χ2n) is 9.86. The number of likely N-dealkylation sites (N-methyl/N-ethyl adjacent to an activating group) is 1. The molecule has 0 saturated carbocycles. The molecule has 0 spiro atoms. The minimum atomic E-state index is -5.39. The van der Waals surface area contributed by atoms with Crippen LogP contribution in [0.3, 0.4) is 0 Å². The van der Waals surface area contributed by atoms with Gasteiger partial charge in [0, 0.05) is 47.5 Å². The summed E-state index contributed by atoms with van der Waals surface area (Å²) in [6.07, 6.45) is -4.83. The van der Waals surface area contributed by atoms with E-state index in [1.807, 2.05) is 0 Å². The third kappa shape index (κ3) is 8.70. The van der Waals surface area contributed by atoms with Crippen LogP contribution in [0.15, 0.2) is 82.6 Å². The number of hydrogen-bond donors (Lipinski definition) is 0. The lowest BCUT2D eigenvalue weighted by atomic mass is 10.0. The van der Waals surface area contributed by atoms with Gasteiger partial charge in [0.1, 0.15) is 12.4 Å². The zero-order valence-corrected chi connectivity index (χ0v) is 25.7. The van der Waals surface area contributed by atoms with Crippen molar-refractivity contribution in [3.63, 3.8) is 0 Å². The van der Waals surface area contributed by atoms with Gasteiger partial charge in [-0.05, 0) is 78.7 Å². The third-order valence-electron chi connectivity index (χ3n) is 6.80. The van der Waals surface area contributed by atoms with Crippen LogP contribution < -0.4 is 5.56 Å². The molecule has 3 aromatic carbocycles. The van der Waals surface area contributed by atoms with E-state index in [4.69, 9.17) is 21.9 Å². The molecule has 1 aliphatic rings. The van der Waals surface area contributed by atoms with Crippen LogP contribution >= 0.6 is 11.8 Å². The summed E-state index contributed by atoms with van der Waals surface area (Å²) in [5.41, 5.74) is -8.18. The lowest BCUT2D eigenvalue weighted by Gasteiger charge is -2.28. The number of carbonyl (C=O) groups excluding carboxylic acids is 1. The van der Waals surface area contributed by atoms with Gasteiger partial charge in [-0.3, -0.25) is 9.59 Å². The van der Waals surface area contributed by atoms with Crippen molar-refractivity contribution >= 4 is 17.7 Å². The van der Waals surface area contributed by atoms with Crippen LogP contribution in [0, 0.1) is 5.82 Å². The zero-order chi connectivity index (χ0) is 49.5. The van der Waals surface area contributed by atoms with Crippen molar-refractivity contribution in [2.24, 2.45) is 0 Å². The van der Waals surface area contributed by atoms with Crippen LogP contribution in [0.1, 0.15) is 72.9 Å². The fraction of sp³-hybridized carbons (Fsp3) is 0.361. The Morgan fingerprint density at radius 2 is 1.60 bits per heavy atom. The summed E-state index contributed by atoms with van der Waals surface area (Å²) in [5.74, 6) is -2.21. The number of amides is 1. The molecule has 47 heavy (non-hydrogen) atoms. The molecule has 0 aliphatic heterocycles. The van der Waals surface area contributed by atoms with Gasteiger partial charge in [0.2, 0.25) is 5.91 Å². The van der Waals surface area contributed by atoms with Crippen LogP contribution in [0.2, 0.25) is 0 Å². The fourth-order valence-electron chi connectivity index (χ4n) is 4.47. The molecular formula is C36H38F4N4O2S. The average molecular weight is 685 g/mol. The highest BCUT2D eigenvalue weighted by molar-refractivity contribution is 7.98. The Morgan fingerprint density at radius 3 is 2.21 bits per heavy atom. The number of alkyl halides is 3. The lowest BCUT2D eigenvalue weighted by molar-refractivity contribution is -0.137. The highest BCUT2D eigenvalue weighted by atomic mass is 32.2. The molecule has 1 heterocycles. The molecule has 0 atom stereocenters. The Morgan fingerprint density at radius 1 is 0.957 bits per heavy atom. The van der Waals surface area contributed by atoms with Crippen molar-refractivity contribution in [1.82, 2.24) is 19.4 Å². The predicted octanol–water partition coefficient (Wildman–Crippen LogP) is 7.22. The topological polar surface area (TPSA) is 58.4 Å². The van der Waals surface area contributed by atoms with Crippen LogP contribution in [-0.4, -0.2) is 51.2 Å². The maximum Gasteiger partial charge on any atom is 0.416 e. The first kappa shape index (κ1) is 18.0. The van der Waals surface area contributed by atoms with Crippen LogP contribution in [-0.2, 0) is 42.6 Å². The van der Waals surface area contributed by atoms with Gasteiger partial charge in [-0.15, -0.1) is 0 Å². The minimum Gasteiger partial charge on any atom is -0.336 e. The SMILES string of the molecule is [2H]c1c([2H])c(-c2c([2H])c([2H])c(C(F)(F)F)c([2H])c2[2H])c([2H])c([2H])c1CN(C(=O)Cn1c(SC([2H])([2H])c2ccc(F)cc2)nc(=O)c2c1CCC2)C([2H])([2H])C([2H])([2H])N(C([2H])([2H])C)C([2H])([2H])C. The Balaban J connectivity index is 1.75. The van der Waals surface area contributed by atoms with Gasteiger partial charge in [-0.2, -0.15) is 18.2 Å². The Kier molecular flexibility index (Phi) is 5.85. The summed E-state index contributed by atoms with van der Waals surface area (Å²) >= 11 is 0.296. The first-order valence-corrected chi connectivity index (χ1v) is 14.8. The van der Waals surface area contributed by atoms with E-state index >= 15 is 0 Å². The molecule has 248 valence electrons. The van der Waals surface area contributed by atoms with Crippen molar-refractivity contribution in [1.29, 1.82) is 0 Å². The molecular weight excluding hydrogens is 628 g/mol. The third-order valence-corrected chi connectivity index (χ3v) is 7.63. The summed E-state index contributed by atoms with van der Waals surface area (Å²) < 4.78 is 211. The number of rotatable bonds is 13. The molecule has 5 rings (SSSR count). The molecule has 0 unspecified atom stereocenters. The standard InChI is InChI=1S/C36H38F4N4O2S/c1-3-42(4-2)20-21-43(22-25-8-12-27(13-9-25)28-14-16-29(17-15-28)36(38,39)40)33(45)23-44-32-7-5-6-31(32)34(46)41-35(44)47-24-26-10-18-30(37)19-11-26/h8-19H,3-7,20-24H2,1-2H3/i3D2,4D2,8D,9D,12D,13D,14D,15D,16D,17D,20D2,21D2,24D2. The van der Waals surface area contributed by atoms with Crippen LogP contribution in [0.4, 0.5) is 17.6 Å². The molecule has 1 aromatic heterocycles. The number of nitrogens with zero attached hydrogens (tertiary/aromatic N) is 4. The first-order valence-electron chi connectivity index (χ1n) is 23.0. The molecule has 0 saturated heterocycles. The average Bonchev–Trinajstić information content (AvgIpc) is 3.65. The largest absolute Gasteiger partial charge is 0.416 e. The lowest BCUT2D eigenvalue weighted by Crippen LogP contribution is -2.40. The summed E-state index contributed by atoms with van der Waals surface area (Å²) in [6.45, 7) is -15.1. The molecule has 6 nitrogen and oxygen atoms in total. The van der Waals surface area contributed by atoms with Gasteiger partial charge < -0.3 is 14.4 Å². The molecule has 1 aliphatic carbocycles. The monoisotopic (exact) mass is 684 g/mol. The van der Waals surface area contributed by atoms with Crippen molar-refractivity contribution < 1.29 is 47.0 Å². The van der Waals surface area contributed by atoms with E-state index in [0.29, 0.717) is 32.0 Å². The van der Waals surface area contributed by atoms with Gasteiger partial charge >= 0.3 is 6.18 Å². The molecule has 4 aromatic rings. The van der Waals surface area contributed by atoms with Crippen molar-refractivity contribution in [2.75, 3.05) is 26.0 Å². The number of fused-ring (bicyclic) bond motifs is 1. The van der Waals surface area contributed by atoms with E-state index in [9.17, 15) is 29.9 Å². The van der Waals surface area contributed by atoms with E-state index < -0.39 is 144 Å². The van der Waals surface area contributed by atoms with E-state index in [1.165, 1.54) is 0 Å². The van der Waals surface area contributed by atoms with Gasteiger partial charge in [0.05, 0.1) is 19.3 Å². The Labute approximate surface area is 301 Å². The number of aromatic nitrogens is 2. The van der Waals surface area contributed by atoms with Crippen molar-refractivity contribution in [2.45, 2.75) is 63.2 Å². The Hall–Kier alpha value is -3.96. The fourth-order valence-corrected chi connectivity index (χ4v) is 5.23. The summed E-state index contributed by atoms with van der Waals surface area (Å²) in [6, 6.07) is -6.66. The molecule has 0 radical (unpaired) electrons. The van der Waals surface area contributed by atoms with Crippen molar-refractivity contribution in [3.8, 4) is 11.1 Å². The normalized spacial score (nSPS) is 19.9. The second kappa shape index (κ2) is 15.3. The van der Waals surface area contributed by atoms with Gasteiger partial charge in [0.25, 0.3) is 5.56 Å². The maximum absolute atomic E-state index is 14.8. The second-order valence-corrected chi connectivity index (χ2v) is 10.6. The molecule has 1 amide bonds. The minimum absolute atomic E-state index is 0.0116. The molecule has 0 fully saturated rings. The first-order chi connectivity index (χ1) is 29.5. The number of benzene rings is 3. The van der Waals surface area contributed by atoms with Gasteiger partial charge in [-0.25, -0.2) is 4.39 Å². The van der Waals surface area contributed by atoms with Crippen molar-refractivity contribution in [3.05, 3.63) is 117 Å². The highest BCUT2D eigenvalue weighted by Crippen LogP contribution is 2.31. The Bertz CT molecular complexity index is 2550.